The molecular weight excluding hydrogens is 432 g/mol. The van der Waals surface area contributed by atoms with Gasteiger partial charge in [0.2, 0.25) is 0 Å². The average Bonchev–Trinajstić information content (AvgIpc) is 2.71. The summed E-state index contributed by atoms with van der Waals surface area (Å²) >= 11 is 6.16. The summed E-state index contributed by atoms with van der Waals surface area (Å²) in [6, 6.07) is 17.0. The molecule has 0 saturated heterocycles. The molecular formula is C24H25ClN2O3S. The van der Waals surface area contributed by atoms with Crippen LogP contribution in [0, 0.1) is 13.8 Å². The van der Waals surface area contributed by atoms with Crippen molar-refractivity contribution in [3.05, 3.63) is 87.9 Å². The molecule has 7 heteroatoms. The number of hydrogen-bond acceptors (Lipinski definition) is 3. The van der Waals surface area contributed by atoms with Crippen molar-refractivity contribution in [1.29, 1.82) is 0 Å². The van der Waals surface area contributed by atoms with Gasteiger partial charge in [-0.15, -0.1) is 0 Å². The summed E-state index contributed by atoms with van der Waals surface area (Å²) < 4.78 is 28.4. The van der Waals surface area contributed by atoms with E-state index >= 15 is 0 Å². The molecule has 31 heavy (non-hydrogen) atoms. The summed E-state index contributed by atoms with van der Waals surface area (Å²) in [6.45, 7) is 8.03. The second-order valence-electron chi connectivity index (χ2n) is 7.78. The van der Waals surface area contributed by atoms with Gasteiger partial charge in [0.15, 0.2) is 0 Å². The van der Waals surface area contributed by atoms with Crippen LogP contribution in [0.2, 0.25) is 5.02 Å². The molecule has 2 N–H and O–H groups in total. The minimum atomic E-state index is -3.98. The van der Waals surface area contributed by atoms with Gasteiger partial charge in [-0.3, -0.25) is 9.52 Å². The lowest BCUT2D eigenvalue weighted by Crippen LogP contribution is -2.16. The summed E-state index contributed by atoms with van der Waals surface area (Å²) in [4.78, 5) is 12.5. The van der Waals surface area contributed by atoms with Gasteiger partial charge >= 0.3 is 0 Å². The van der Waals surface area contributed by atoms with E-state index in [0.29, 0.717) is 17.3 Å². The molecule has 0 aliphatic rings. The minimum absolute atomic E-state index is 0.0363. The standard InChI is InChI=1S/C24H25ClN2O3S/c1-15(2)18-6-10-20(11-7-18)26-24(28)19-8-12-22(25)23(14-19)31(29,30)27-21-9-5-16(3)17(4)13-21/h5-15,27H,1-4H3,(H,26,28). The molecule has 3 rings (SSSR count). The van der Waals surface area contributed by atoms with Gasteiger partial charge in [-0.05, 0) is 78.9 Å². The summed E-state index contributed by atoms with van der Waals surface area (Å²) in [5.74, 6) is -0.0322. The average molecular weight is 457 g/mol. The van der Waals surface area contributed by atoms with Crippen molar-refractivity contribution in [2.24, 2.45) is 0 Å². The van der Waals surface area contributed by atoms with Gasteiger partial charge in [0.1, 0.15) is 4.90 Å². The number of rotatable bonds is 6. The van der Waals surface area contributed by atoms with Crippen molar-refractivity contribution in [1.82, 2.24) is 0 Å². The topological polar surface area (TPSA) is 75.3 Å². The molecule has 0 aromatic heterocycles. The number of aryl methyl sites for hydroxylation is 2. The van der Waals surface area contributed by atoms with Crippen LogP contribution in [-0.2, 0) is 10.0 Å². The molecule has 3 aromatic rings. The molecule has 3 aromatic carbocycles. The number of carbonyl (C=O) groups is 1. The van der Waals surface area contributed by atoms with E-state index in [-0.39, 0.29) is 15.5 Å². The van der Waals surface area contributed by atoms with Crippen molar-refractivity contribution in [2.75, 3.05) is 10.0 Å². The molecule has 0 fully saturated rings. The van der Waals surface area contributed by atoms with Gasteiger partial charge in [0, 0.05) is 16.9 Å². The third-order valence-corrected chi connectivity index (χ3v) is 6.94. The zero-order valence-electron chi connectivity index (χ0n) is 17.9. The fourth-order valence-electron chi connectivity index (χ4n) is 3.02. The van der Waals surface area contributed by atoms with Crippen molar-refractivity contribution >= 4 is 38.9 Å². The number of benzene rings is 3. The van der Waals surface area contributed by atoms with E-state index in [1.54, 1.807) is 12.1 Å². The molecule has 0 spiro atoms. The Morgan fingerprint density at radius 1 is 0.871 bits per heavy atom. The minimum Gasteiger partial charge on any atom is -0.322 e. The highest BCUT2D eigenvalue weighted by Crippen LogP contribution is 2.26. The first-order chi connectivity index (χ1) is 14.6. The Balaban J connectivity index is 1.84. The lowest BCUT2D eigenvalue weighted by Gasteiger charge is -2.13. The van der Waals surface area contributed by atoms with E-state index in [2.05, 4.69) is 23.9 Å². The van der Waals surface area contributed by atoms with Crippen molar-refractivity contribution < 1.29 is 13.2 Å². The van der Waals surface area contributed by atoms with E-state index in [4.69, 9.17) is 11.6 Å². The number of sulfonamides is 1. The maximum atomic E-state index is 12.9. The molecule has 0 saturated carbocycles. The number of hydrogen-bond donors (Lipinski definition) is 2. The molecule has 0 heterocycles. The van der Waals surface area contributed by atoms with Crippen LogP contribution in [0.5, 0.6) is 0 Å². The zero-order valence-corrected chi connectivity index (χ0v) is 19.4. The lowest BCUT2D eigenvalue weighted by atomic mass is 10.0. The summed E-state index contributed by atoms with van der Waals surface area (Å²) in [5, 5.41) is 2.82. The highest BCUT2D eigenvalue weighted by Gasteiger charge is 2.21. The van der Waals surface area contributed by atoms with Crippen molar-refractivity contribution in [3.8, 4) is 0 Å². The molecule has 0 unspecified atom stereocenters. The number of nitrogens with one attached hydrogen (secondary N) is 2. The fraction of sp³-hybridized carbons (Fsp3) is 0.208. The number of anilines is 2. The molecule has 0 aliphatic heterocycles. The van der Waals surface area contributed by atoms with E-state index in [1.165, 1.54) is 18.2 Å². The third kappa shape index (κ3) is 5.46. The van der Waals surface area contributed by atoms with E-state index in [9.17, 15) is 13.2 Å². The summed E-state index contributed by atoms with van der Waals surface area (Å²) in [7, 11) is -3.98. The highest BCUT2D eigenvalue weighted by molar-refractivity contribution is 7.92. The Kier molecular flexibility index (Phi) is 6.72. The lowest BCUT2D eigenvalue weighted by molar-refractivity contribution is 0.102. The Bertz CT molecular complexity index is 1220. The Morgan fingerprint density at radius 3 is 2.13 bits per heavy atom. The first-order valence-corrected chi connectivity index (χ1v) is 11.7. The second kappa shape index (κ2) is 9.12. The highest BCUT2D eigenvalue weighted by atomic mass is 35.5. The normalized spacial score (nSPS) is 11.4. The maximum Gasteiger partial charge on any atom is 0.263 e. The Hall–Kier alpha value is -2.83. The monoisotopic (exact) mass is 456 g/mol. The van der Waals surface area contributed by atoms with Gasteiger partial charge in [0.25, 0.3) is 15.9 Å². The number of amides is 1. The van der Waals surface area contributed by atoms with Gasteiger partial charge in [-0.2, -0.15) is 0 Å². The number of halogens is 1. The van der Waals surface area contributed by atoms with Gasteiger partial charge in [-0.25, -0.2) is 8.42 Å². The third-order valence-electron chi connectivity index (χ3n) is 5.08. The molecule has 0 bridgehead atoms. The SMILES string of the molecule is Cc1ccc(NS(=O)(=O)c2cc(C(=O)Nc3ccc(C(C)C)cc3)ccc2Cl)cc1C. The molecule has 1 amide bonds. The maximum absolute atomic E-state index is 12.9. The second-order valence-corrected chi connectivity index (χ2v) is 9.84. The van der Waals surface area contributed by atoms with Crippen LogP contribution < -0.4 is 10.0 Å². The van der Waals surface area contributed by atoms with Crippen LogP contribution in [0.25, 0.3) is 0 Å². The van der Waals surface area contributed by atoms with Crippen LogP contribution in [0.4, 0.5) is 11.4 Å². The molecule has 0 atom stereocenters. The van der Waals surface area contributed by atoms with Crippen LogP contribution in [0.3, 0.4) is 0 Å². The first kappa shape index (κ1) is 22.8. The predicted octanol–water partition coefficient (Wildman–Crippen LogP) is 6.13. The van der Waals surface area contributed by atoms with Gasteiger partial charge in [0.05, 0.1) is 5.02 Å². The summed E-state index contributed by atoms with van der Waals surface area (Å²) in [6.07, 6.45) is 0. The van der Waals surface area contributed by atoms with Crippen LogP contribution in [-0.4, -0.2) is 14.3 Å². The molecule has 0 aliphatic carbocycles. The Labute approximate surface area is 188 Å². The zero-order chi connectivity index (χ0) is 22.8. The van der Waals surface area contributed by atoms with Gasteiger partial charge < -0.3 is 5.32 Å². The molecule has 0 radical (unpaired) electrons. The van der Waals surface area contributed by atoms with E-state index in [1.807, 2.05) is 44.2 Å². The molecule has 5 nitrogen and oxygen atoms in total. The number of carbonyl (C=O) groups excluding carboxylic acids is 1. The van der Waals surface area contributed by atoms with Gasteiger partial charge in [-0.1, -0.05) is 43.6 Å². The quantitative estimate of drug-likeness (QED) is 0.468. The van der Waals surface area contributed by atoms with Crippen LogP contribution >= 0.6 is 11.6 Å². The van der Waals surface area contributed by atoms with Crippen LogP contribution in [0.1, 0.15) is 46.8 Å². The van der Waals surface area contributed by atoms with E-state index in [0.717, 1.165) is 16.7 Å². The smallest absolute Gasteiger partial charge is 0.263 e. The van der Waals surface area contributed by atoms with E-state index < -0.39 is 15.9 Å². The van der Waals surface area contributed by atoms with Crippen molar-refractivity contribution in [2.45, 2.75) is 38.5 Å². The van der Waals surface area contributed by atoms with Crippen LogP contribution in [0.15, 0.2) is 65.6 Å². The first-order valence-electron chi connectivity index (χ1n) is 9.88. The Morgan fingerprint density at radius 2 is 1.52 bits per heavy atom. The summed E-state index contributed by atoms with van der Waals surface area (Å²) in [5.41, 5.74) is 4.43. The molecule has 162 valence electrons. The largest absolute Gasteiger partial charge is 0.322 e. The fourth-order valence-corrected chi connectivity index (χ4v) is 4.60. The predicted molar refractivity (Wildman–Crippen MR) is 127 cm³/mol. The van der Waals surface area contributed by atoms with Crippen molar-refractivity contribution in [3.63, 3.8) is 0 Å².